The lowest BCUT2D eigenvalue weighted by Gasteiger charge is -2.26. The van der Waals surface area contributed by atoms with Gasteiger partial charge in [-0.15, -0.1) is 0 Å². The second-order valence-electron chi connectivity index (χ2n) is 7.58. The summed E-state index contributed by atoms with van der Waals surface area (Å²) in [6.45, 7) is 1.60. The molecule has 4 rings (SSSR count). The molecule has 176 valence electrons. The third kappa shape index (κ3) is 5.48. The molecule has 3 aromatic rings. The number of benzene rings is 2. The number of nitrogens with one attached hydrogen (secondary N) is 2. The van der Waals surface area contributed by atoms with E-state index in [1.165, 1.54) is 28.6 Å². The molecule has 0 atom stereocenters. The zero-order valence-corrected chi connectivity index (χ0v) is 19.1. The predicted molar refractivity (Wildman–Crippen MR) is 126 cm³/mol. The Hall–Kier alpha value is -3.60. The number of amides is 2. The molecule has 2 N–H and O–H groups in total. The molecule has 0 aliphatic carbocycles. The van der Waals surface area contributed by atoms with E-state index in [4.69, 9.17) is 4.74 Å². The molecule has 0 spiro atoms. The van der Waals surface area contributed by atoms with Gasteiger partial charge < -0.3 is 15.4 Å². The third-order valence-corrected chi connectivity index (χ3v) is 7.23. The molecule has 2 aromatic carbocycles. The van der Waals surface area contributed by atoms with Crippen LogP contribution in [-0.4, -0.2) is 55.8 Å². The molecule has 2 heterocycles. The molecule has 1 saturated heterocycles. The molecule has 1 fully saturated rings. The number of morpholine rings is 1. The summed E-state index contributed by atoms with van der Waals surface area (Å²) in [6.07, 6.45) is 3.32. The van der Waals surface area contributed by atoms with Crippen molar-refractivity contribution in [2.24, 2.45) is 0 Å². The highest BCUT2D eigenvalue weighted by Gasteiger charge is 2.26. The summed E-state index contributed by atoms with van der Waals surface area (Å²) in [5, 5.41) is 5.55. The van der Waals surface area contributed by atoms with Crippen LogP contribution in [-0.2, 0) is 21.3 Å². The number of pyridine rings is 1. The van der Waals surface area contributed by atoms with E-state index in [9.17, 15) is 18.0 Å². The predicted octanol–water partition coefficient (Wildman–Crippen LogP) is 2.28. The lowest BCUT2D eigenvalue weighted by Crippen LogP contribution is -2.40. The fourth-order valence-corrected chi connectivity index (χ4v) is 4.89. The Morgan fingerprint density at radius 3 is 2.38 bits per heavy atom. The minimum Gasteiger partial charge on any atom is -0.379 e. The summed E-state index contributed by atoms with van der Waals surface area (Å²) in [5.41, 5.74) is 1.78. The van der Waals surface area contributed by atoms with Crippen molar-refractivity contribution in [2.45, 2.75) is 11.4 Å². The van der Waals surface area contributed by atoms with Crippen LogP contribution in [0.15, 0.2) is 78.0 Å². The van der Waals surface area contributed by atoms with Gasteiger partial charge in [-0.3, -0.25) is 14.6 Å². The van der Waals surface area contributed by atoms with Gasteiger partial charge in [0.05, 0.1) is 29.4 Å². The van der Waals surface area contributed by atoms with Crippen LogP contribution in [0.3, 0.4) is 0 Å². The van der Waals surface area contributed by atoms with Gasteiger partial charge in [0, 0.05) is 37.6 Å². The van der Waals surface area contributed by atoms with E-state index in [-0.39, 0.29) is 16.4 Å². The van der Waals surface area contributed by atoms with Gasteiger partial charge in [-0.2, -0.15) is 4.31 Å². The molecule has 2 amide bonds. The first-order valence-corrected chi connectivity index (χ1v) is 12.1. The molecule has 0 bridgehead atoms. The van der Waals surface area contributed by atoms with Gasteiger partial charge in [0.1, 0.15) is 0 Å². The Morgan fingerprint density at radius 1 is 0.941 bits per heavy atom. The van der Waals surface area contributed by atoms with Crippen molar-refractivity contribution < 1.29 is 22.7 Å². The maximum absolute atomic E-state index is 12.8. The summed E-state index contributed by atoms with van der Waals surface area (Å²) < 4.78 is 32.1. The SMILES string of the molecule is O=C(Nc1ccccc1C(=O)NCc1cccnc1)c1ccc(S(=O)(=O)N2CCOCC2)cc1. The van der Waals surface area contributed by atoms with Crippen molar-refractivity contribution in [3.05, 3.63) is 89.7 Å². The van der Waals surface area contributed by atoms with Crippen molar-refractivity contribution in [3.8, 4) is 0 Å². The highest BCUT2D eigenvalue weighted by molar-refractivity contribution is 7.89. The van der Waals surface area contributed by atoms with E-state index in [0.717, 1.165) is 5.56 Å². The Kier molecular flexibility index (Phi) is 7.31. The smallest absolute Gasteiger partial charge is 0.255 e. The van der Waals surface area contributed by atoms with Crippen molar-refractivity contribution >= 4 is 27.5 Å². The fraction of sp³-hybridized carbons (Fsp3) is 0.208. The normalized spacial score (nSPS) is 14.4. The summed E-state index contributed by atoms with van der Waals surface area (Å²) >= 11 is 0. The molecular formula is C24H24N4O5S. The number of nitrogens with zero attached hydrogens (tertiary/aromatic N) is 2. The first kappa shape index (κ1) is 23.6. The molecule has 34 heavy (non-hydrogen) atoms. The molecule has 0 unspecified atom stereocenters. The van der Waals surface area contributed by atoms with E-state index in [2.05, 4.69) is 15.6 Å². The minimum absolute atomic E-state index is 0.112. The Labute approximate surface area is 197 Å². The third-order valence-electron chi connectivity index (χ3n) is 5.32. The van der Waals surface area contributed by atoms with Crippen molar-refractivity contribution in [1.82, 2.24) is 14.6 Å². The summed E-state index contributed by atoms with van der Waals surface area (Å²) in [7, 11) is -3.65. The molecule has 0 radical (unpaired) electrons. The monoisotopic (exact) mass is 480 g/mol. The van der Waals surface area contributed by atoms with Gasteiger partial charge in [0.25, 0.3) is 11.8 Å². The van der Waals surface area contributed by atoms with Crippen LogP contribution in [0.4, 0.5) is 5.69 Å². The number of hydrogen-bond acceptors (Lipinski definition) is 6. The van der Waals surface area contributed by atoms with Crippen LogP contribution in [0, 0.1) is 0 Å². The fourth-order valence-electron chi connectivity index (χ4n) is 3.48. The molecule has 1 aliphatic heterocycles. The second kappa shape index (κ2) is 10.6. The number of anilines is 1. The van der Waals surface area contributed by atoms with Crippen LogP contribution < -0.4 is 10.6 Å². The number of rotatable bonds is 7. The summed E-state index contributed by atoms with van der Waals surface area (Å²) in [4.78, 5) is 29.6. The average molecular weight is 481 g/mol. The molecule has 1 aromatic heterocycles. The number of carbonyl (C=O) groups is 2. The number of hydrogen-bond donors (Lipinski definition) is 2. The largest absolute Gasteiger partial charge is 0.379 e. The van der Waals surface area contributed by atoms with E-state index < -0.39 is 15.9 Å². The van der Waals surface area contributed by atoms with Crippen molar-refractivity contribution in [2.75, 3.05) is 31.6 Å². The topological polar surface area (TPSA) is 118 Å². The van der Waals surface area contributed by atoms with Crippen molar-refractivity contribution in [1.29, 1.82) is 0 Å². The van der Waals surface area contributed by atoms with Gasteiger partial charge in [-0.05, 0) is 48.0 Å². The van der Waals surface area contributed by atoms with E-state index in [0.29, 0.717) is 44.1 Å². The number of para-hydroxylation sites is 1. The lowest BCUT2D eigenvalue weighted by atomic mass is 10.1. The Bertz CT molecular complexity index is 1260. The second-order valence-corrected chi connectivity index (χ2v) is 9.52. The average Bonchev–Trinajstić information content (AvgIpc) is 2.89. The van der Waals surface area contributed by atoms with Gasteiger partial charge >= 0.3 is 0 Å². The van der Waals surface area contributed by atoms with Crippen molar-refractivity contribution in [3.63, 3.8) is 0 Å². The molecule has 0 saturated carbocycles. The summed E-state index contributed by atoms with van der Waals surface area (Å²) in [5.74, 6) is -0.797. The van der Waals surface area contributed by atoms with Gasteiger partial charge in [-0.1, -0.05) is 18.2 Å². The lowest BCUT2D eigenvalue weighted by molar-refractivity contribution is 0.0730. The minimum atomic E-state index is -3.65. The number of carbonyl (C=O) groups excluding carboxylic acids is 2. The first-order valence-electron chi connectivity index (χ1n) is 10.7. The van der Waals surface area contributed by atoms with E-state index in [1.54, 1.807) is 42.7 Å². The molecule has 10 heteroatoms. The van der Waals surface area contributed by atoms with Crippen LogP contribution in [0.5, 0.6) is 0 Å². The van der Waals surface area contributed by atoms with Crippen LogP contribution in [0.2, 0.25) is 0 Å². The number of aromatic nitrogens is 1. The number of sulfonamides is 1. The number of ether oxygens (including phenoxy) is 1. The molecule has 1 aliphatic rings. The van der Waals surface area contributed by atoms with Gasteiger partial charge in [-0.25, -0.2) is 8.42 Å². The van der Waals surface area contributed by atoms with Crippen LogP contribution >= 0.6 is 0 Å². The maximum Gasteiger partial charge on any atom is 0.255 e. The molecular weight excluding hydrogens is 456 g/mol. The highest BCUT2D eigenvalue weighted by atomic mass is 32.2. The zero-order valence-electron chi connectivity index (χ0n) is 18.3. The summed E-state index contributed by atoms with van der Waals surface area (Å²) in [6, 6.07) is 16.0. The molecule has 9 nitrogen and oxygen atoms in total. The Balaban J connectivity index is 1.44. The zero-order chi connectivity index (χ0) is 24.0. The first-order chi connectivity index (χ1) is 16.4. The quantitative estimate of drug-likeness (QED) is 0.536. The van der Waals surface area contributed by atoms with Crippen LogP contribution in [0.25, 0.3) is 0 Å². The van der Waals surface area contributed by atoms with Gasteiger partial charge in [0.15, 0.2) is 0 Å². The van der Waals surface area contributed by atoms with Gasteiger partial charge in [0.2, 0.25) is 10.0 Å². The standard InChI is InChI=1S/C24H24N4O5S/c29-23(19-7-9-20(10-8-19)34(31,32)28-12-14-33-15-13-28)27-22-6-2-1-5-21(22)24(30)26-17-18-4-3-11-25-16-18/h1-11,16H,12-15,17H2,(H,26,30)(H,27,29). The highest BCUT2D eigenvalue weighted by Crippen LogP contribution is 2.20. The Morgan fingerprint density at radius 2 is 1.68 bits per heavy atom. The van der Waals surface area contributed by atoms with Crippen LogP contribution in [0.1, 0.15) is 26.3 Å². The van der Waals surface area contributed by atoms with E-state index >= 15 is 0 Å². The van der Waals surface area contributed by atoms with E-state index in [1.807, 2.05) is 6.07 Å². The maximum atomic E-state index is 12.8.